The van der Waals surface area contributed by atoms with Gasteiger partial charge in [0.15, 0.2) is 0 Å². The third kappa shape index (κ3) is 2.62. The molecule has 1 heterocycles. The van der Waals surface area contributed by atoms with Crippen LogP contribution in [0.4, 0.5) is 15.8 Å². The van der Waals surface area contributed by atoms with Crippen LogP contribution in [0.1, 0.15) is 11.4 Å². The highest BCUT2D eigenvalue weighted by atomic mass is 19.1. The number of H-pyrrole nitrogens is 1. The highest BCUT2D eigenvalue weighted by Crippen LogP contribution is 2.20. The first-order valence-electron chi connectivity index (χ1n) is 5.24. The van der Waals surface area contributed by atoms with E-state index in [1.807, 2.05) is 6.92 Å². The lowest BCUT2D eigenvalue weighted by molar-refractivity contribution is -0.385. The predicted octanol–water partition coefficient (Wildman–Crippen LogP) is 2.38. The molecule has 1 aromatic carbocycles. The standard InChI is InChI=1S/C11H11FN4O2/c1-7-11(15-6-14-7)5-13-9-2-8(12)3-10(4-9)16(17)18/h2-4,6,13H,5H2,1H3,(H,14,15). The van der Waals surface area contributed by atoms with E-state index in [9.17, 15) is 14.5 Å². The summed E-state index contributed by atoms with van der Waals surface area (Å²) in [5.41, 5.74) is 1.75. The molecule has 0 aliphatic carbocycles. The van der Waals surface area contributed by atoms with Crippen molar-refractivity contribution in [3.05, 3.63) is 51.8 Å². The highest BCUT2D eigenvalue weighted by molar-refractivity contribution is 5.51. The topological polar surface area (TPSA) is 83.8 Å². The molecule has 18 heavy (non-hydrogen) atoms. The number of hydrogen-bond donors (Lipinski definition) is 2. The Labute approximate surface area is 102 Å². The Balaban J connectivity index is 2.14. The number of non-ortho nitro benzene ring substituents is 1. The third-order valence-electron chi connectivity index (χ3n) is 2.49. The Morgan fingerprint density at radius 1 is 1.50 bits per heavy atom. The van der Waals surface area contributed by atoms with E-state index < -0.39 is 10.7 Å². The Morgan fingerprint density at radius 3 is 2.89 bits per heavy atom. The maximum Gasteiger partial charge on any atom is 0.274 e. The van der Waals surface area contributed by atoms with Crippen LogP contribution in [0.5, 0.6) is 0 Å². The number of nitrogens with zero attached hydrogens (tertiary/aromatic N) is 2. The van der Waals surface area contributed by atoms with Gasteiger partial charge in [-0.25, -0.2) is 9.37 Å². The molecule has 94 valence electrons. The number of rotatable bonds is 4. The molecule has 0 spiro atoms. The summed E-state index contributed by atoms with van der Waals surface area (Å²) >= 11 is 0. The minimum atomic E-state index is -0.648. The lowest BCUT2D eigenvalue weighted by Gasteiger charge is -2.05. The van der Waals surface area contributed by atoms with Crippen molar-refractivity contribution < 1.29 is 9.31 Å². The van der Waals surface area contributed by atoms with Gasteiger partial charge >= 0.3 is 0 Å². The number of nitrogens with one attached hydrogen (secondary N) is 2. The Bertz CT molecular complexity index is 582. The summed E-state index contributed by atoms with van der Waals surface area (Å²) in [7, 11) is 0. The van der Waals surface area contributed by atoms with Gasteiger partial charge in [-0.15, -0.1) is 0 Å². The average Bonchev–Trinajstić information content (AvgIpc) is 2.71. The summed E-state index contributed by atoms with van der Waals surface area (Å²) in [4.78, 5) is 16.9. The fourth-order valence-electron chi connectivity index (χ4n) is 1.53. The number of nitro groups is 1. The fraction of sp³-hybridized carbons (Fsp3) is 0.182. The minimum absolute atomic E-state index is 0.281. The predicted molar refractivity (Wildman–Crippen MR) is 63.7 cm³/mol. The maximum absolute atomic E-state index is 13.2. The number of anilines is 1. The maximum atomic E-state index is 13.2. The van der Waals surface area contributed by atoms with Crippen molar-refractivity contribution in [1.29, 1.82) is 0 Å². The molecular formula is C11H11FN4O2. The average molecular weight is 250 g/mol. The van der Waals surface area contributed by atoms with Crippen molar-refractivity contribution in [2.24, 2.45) is 0 Å². The van der Waals surface area contributed by atoms with Crippen molar-refractivity contribution in [1.82, 2.24) is 9.97 Å². The Morgan fingerprint density at radius 2 is 2.28 bits per heavy atom. The zero-order valence-corrected chi connectivity index (χ0v) is 9.61. The molecule has 0 saturated heterocycles. The van der Waals surface area contributed by atoms with E-state index in [0.29, 0.717) is 12.2 Å². The Kier molecular flexibility index (Phi) is 3.22. The van der Waals surface area contributed by atoms with E-state index in [4.69, 9.17) is 0 Å². The number of imidazole rings is 1. The molecule has 1 aromatic heterocycles. The number of hydrogen-bond acceptors (Lipinski definition) is 4. The third-order valence-corrected chi connectivity index (χ3v) is 2.49. The van der Waals surface area contributed by atoms with Crippen molar-refractivity contribution in [3.63, 3.8) is 0 Å². The number of benzene rings is 1. The lowest BCUT2D eigenvalue weighted by Crippen LogP contribution is -2.02. The zero-order chi connectivity index (χ0) is 13.1. The van der Waals surface area contributed by atoms with E-state index in [1.54, 1.807) is 6.33 Å². The molecular weight excluding hydrogens is 239 g/mol. The van der Waals surface area contributed by atoms with E-state index in [-0.39, 0.29) is 5.69 Å². The molecule has 0 aliphatic rings. The largest absolute Gasteiger partial charge is 0.379 e. The summed E-state index contributed by atoms with van der Waals surface area (Å²) < 4.78 is 13.2. The van der Waals surface area contributed by atoms with Crippen LogP contribution < -0.4 is 5.32 Å². The zero-order valence-electron chi connectivity index (χ0n) is 9.61. The van der Waals surface area contributed by atoms with Gasteiger partial charge in [-0.2, -0.15) is 0 Å². The minimum Gasteiger partial charge on any atom is -0.379 e. The van der Waals surface area contributed by atoms with Gasteiger partial charge in [0.2, 0.25) is 0 Å². The number of nitro benzene ring substituents is 1. The van der Waals surface area contributed by atoms with Crippen LogP contribution in [-0.2, 0) is 6.54 Å². The van der Waals surface area contributed by atoms with Crippen LogP contribution in [-0.4, -0.2) is 14.9 Å². The molecule has 0 saturated carbocycles. The van der Waals surface area contributed by atoms with E-state index in [0.717, 1.165) is 17.5 Å². The van der Waals surface area contributed by atoms with Gasteiger partial charge < -0.3 is 10.3 Å². The van der Waals surface area contributed by atoms with Gasteiger partial charge in [0.05, 0.1) is 29.6 Å². The molecule has 0 bridgehead atoms. The summed E-state index contributed by atoms with van der Waals surface area (Å²) in [5, 5.41) is 13.5. The smallest absolute Gasteiger partial charge is 0.274 e. The summed E-state index contributed by atoms with van der Waals surface area (Å²) in [6.07, 6.45) is 1.56. The molecule has 0 atom stereocenters. The van der Waals surface area contributed by atoms with Crippen LogP contribution >= 0.6 is 0 Å². The SMILES string of the molecule is Cc1[nH]cnc1CNc1cc(F)cc([N+](=O)[O-])c1. The molecule has 0 aliphatic heterocycles. The fourth-order valence-corrected chi connectivity index (χ4v) is 1.53. The Hall–Kier alpha value is -2.44. The molecule has 2 aromatic rings. The molecule has 0 amide bonds. The van der Waals surface area contributed by atoms with Gasteiger partial charge in [0.1, 0.15) is 5.82 Å². The monoisotopic (exact) mass is 250 g/mol. The number of aromatic nitrogens is 2. The van der Waals surface area contributed by atoms with Gasteiger partial charge in [-0.1, -0.05) is 0 Å². The number of aromatic amines is 1. The molecule has 7 heteroatoms. The van der Waals surface area contributed by atoms with Crippen molar-refractivity contribution in [2.75, 3.05) is 5.32 Å². The molecule has 0 unspecified atom stereocenters. The number of aryl methyl sites for hydroxylation is 1. The first-order chi connectivity index (χ1) is 8.56. The van der Waals surface area contributed by atoms with Crippen LogP contribution in [0.15, 0.2) is 24.5 Å². The normalized spacial score (nSPS) is 10.3. The van der Waals surface area contributed by atoms with Gasteiger partial charge in [-0.05, 0) is 13.0 Å². The molecule has 2 rings (SSSR count). The van der Waals surface area contributed by atoms with E-state index in [1.165, 1.54) is 12.1 Å². The highest BCUT2D eigenvalue weighted by Gasteiger charge is 2.10. The van der Waals surface area contributed by atoms with Crippen LogP contribution in [0.25, 0.3) is 0 Å². The van der Waals surface area contributed by atoms with Crippen LogP contribution in [0, 0.1) is 22.9 Å². The van der Waals surface area contributed by atoms with Crippen LogP contribution in [0.3, 0.4) is 0 Å². The van der Waals surface area contributed by atoms with Crippen molar-refractivity contribution in [2.45, 2.75) is 13.5 Å². The second-order valence-electron chi connectivity index (χ2n) is 3.78. The van der Waals surface area contributed by atoms with E-state index >= 15 is 0 Å². The van der Waals surface area contributed by atoms with Gasteiger partial charge in [-0.3, -0.25) is 10.1 Å². The summed E-state index contributed by atoms with van der Waals surface area (Å²) in [5.74, 6) is -0.648. The molecule has 0 fully saturated rings. The second-order valence-corrected chi connectivity index (χ2v) is 3.78. The second kappa shape index (κ2) is 4.82. The molecule has 0 radical (unpaired) electrons. The van der Waals surface area contributed by atoms with Gasteiger partial charge in [0, 0.05) is 17.4 Å². The lowest BCUT2D eigenvalue weighted by atomic mass is 10.2. The van der Waals surface area contributed by atoms with E-state index in [2.05, 4.69) is 15.3 Å². The summed E-state index contributed by atoms with van der Waals surface area (Å²) in [6, 6.07) is 3.37. The van der Waals surface area contributed by atoms with Crippen molar-refractivity contribution >= 4 is 11.4 Å². The quantitative estimate of drug-likeness (QED) is 0.644. The number of halogens is 1. The van der Waals surface area contributed by atoms with Gasteiger partial charge in [0.25, 0.3) is 5.69 Å². The van der Waals surface area contributed by atoms with Crippen LogP contribution in [0.2, 0.25) is 0 Å². The molecule has 2 N–H and O–H groups in total. The first-order valence-corrected chi connectivity index (χ1v) is 5.24. The first kappa shape index (κ1) is 12.0. The summed E-state index contributed by atoms with van der Waals surface area (Å²) in [6.45, 7) is 2.23. The van der Waals surface area contributed by atoms with Crippen molar-refractivity contribution in [3.8, 4) is 0 Å². The molecule has 6 nitrogen and oxygen atoms in total.